The van der Waals surface area contributed by atoms with Crippen molar-refractivity contribution in [3.63, 3.8) is 0 Å². The van der Waals surface area contributed by atoms with Crippen LogP contribution in [0.15, 0.2) is 54.6 Å². The number of nitrogens with zero attached hydrogens (tertiary/aromatic N) is 4. The van der Waals surface area contributed by atoms with Gasteiger partial charge in [0.05, 0.1) is 17.7 Å². The zero-order valence-corrected chi connectivity index (χ0v) is 19.1. The van der Waals surface area contributed by atoms with E-state index < -0.39 is 0 Å². The van der Waals surface area contributed by atoms with Crippen LogP contribution in [0.25, 0.3) is 0 Å². The molecule has 2 aromatic rings. The molecule has 33 heavy (non-hydrogen) atoms. The second-order valence-electron chi connectivity index (χ2n) is 9.43. The van der Waals surface area contributed by atoms with Gasteiger partial charge in [-0.2, -0.15) is 5.26 Å². The van der Waals surface area contributed by atoms with Crippen molar-refractivity contribution >= 4 is 6.03 Å². The molecule has 0 aliphatic carbocycles. The van der Waals surface area contributed by atoms with Crippen LogP contribution in [0.2, 0.25) is 0 Å². The van der Waals surface area contributed by atoms with Gasteiger partial charge in [-0.15, -0.1) is 0 Å². The Kier molecular flexibility index (Phi) is 6.61. The molecule has 0 spiro atoms. The van der Waals surface area contributed by atoms with Crippen LogP contribution >= 0.6 is 0 Å². The first kappa shape index (κ1) is 21.9. The first-order valence-corrected chi connectivity index (χ1v) is 12.2. The maximum Gasteiger partial charge on any atom is 0.321 e. The Morgan fingerprint density at radius 1 is 0.909 bits per heavy atom. The summed E-state index contributed by atoms with van der Waals surface area (Å²) < 4.78 is 5.55. The lowest BCUT2D eigenvalue weighted by Gasteiger charge is -2.39. The molecule has 3 saturated heterocycles. The van der Waals surface area contributed by atoms with E-state index in [-0.39, 0.29) is 18.1 Å². The van der Waals surface area contributed by atoms with Crippen LogP contribution in [0.4, 0.5) is 4.79 Å². The number of urea groups is 1. The number of carbonyl (C=O) groups excluding carboxylic acids is 1. The van der Waals surface area contributed by atoms with Gasteiger partial charge in [-0.05, 0) is 48.9 Å². The molecule has 2 amide bonds. The predicted octanol–water partition coefficient (Wildman–Crippen LogP) is 4.18. The fourth-order valence-corrected chi connectivity index (χ4v) is 5.59. The van der Waals surface area contributed by atoms with Gasteiger partial charge in [-0.25, -0.2) is 4.79 Å². The van der Waals surface area contributed by atoms with Crippen LogP contribution in [-0.4, -0.2) is 65.7 Å². The first-order chi connectivity index (χ1) is 16.2. The van der Waals surface area contributed by atoms with E-state index in [9.17, 15) is 4.79 Å². The van der Waals surface area contributed by atoms with E-state index >= 15 is 0 Å². The van der Waals surface area contributed by atoms with Gasteiger partial charge in [0, 0.05) is 51.5 Å². The van der Waals surface area contributed by atoms with Gasteiger partial charge in [0.1, 0.15) is 0 Å². The monoisotopic (exact) mass is 444 g/mol. The number of nitriles is 1. The molecule has 5 rings (SSSR count). The third-order valence-electron chi connectivity index (χ3n) is 7.43. The lowest BCUT2D eigenvalue weighted by atomic mass is 9.98. The molecule has 0 unspecified atom stereocenters. The van der Waals surface area contributed by atoms with Crippen molar-refractivity contribution in [1.82, 2.24) is 14.7 Å². The summed E-state index contributed by atoms with van der Waals surface area (Å²) in [4.78, 5) is 20.5. The SMILES string of the molecule is N#Cc1ccc(CN2CCC(N3C(=O)N(C4CCOCC4)C[C@H]3c3ccccc3)CC2)cc1. The highest BCUT2D eigenvalue weighted by Crippen LogP contribution is 2.37. The van der Waals surface area contributed by atoms with Crippen LogP contribution < -0.4 is 0 Å². The fraction of sp³-hybridized carbons (Fsp3) is 0.481. The summed E-state index contributed by atoms with van der Waals surface area (Å²) in [5, 5.41) is 9.01. The van der Waals surface area contributed by atoms with Crippen LogP contribution in [0.1, 0.15) is 48.4 Å². The highest BCUT2D eigenvalue weighted by atomic mass is 16.5. The van der Waals surface area contributed by atoms with E-state index in [1.165, 1.54) is 11.1 Å². The Morgan fingerprint density at radius 3 is 2.27 bits per heavy atom. The second kappa shape index (κ2) is 9.94. The molecule has 6 heteroatoms. The first-order valence-electron chi connectivity index (χ1n) is 12.2. The molecular weight excluding hydrogens is 412 g/mol. The quantitative estimate of drug-likeness (QED) is 0.694. The van der Waals surface area contributed by atoms with E-state index in [1.54, 1.807) is 0 Å². The fourth-order valence-electron chi connectivity index (χ4n) is 5.59. The van der Waals surface area contributed by atoms with Crippen LogP contribution in [0.5, 0.6) is 0 Å². The average molecular weight is 445 g/mol. The third kappa shape index (κ3) is 4.75. The maximum absolute atomic E-state index is 13.7. The normalized spacial score (nSPS) is 23.1. The molecule has 3 heterocycles. The Labute approximate surface area is 196 Å². The maximum atomic E-state index is 13.7. The number of hydrogen-bond acceptors (Lipinski definition) is 4. The zero-order valence-electron chi connectivity index (χ0n) is 19.1. The minimum atomic E-state index is 0.122. The smallest absolute Gasteiger partial charge is 0.321 e. The van der Waals surface area contributed by atoms with E-state index in [0.29, 0.717) is 11.6 Å². The molecule has 2 aromatic carbocycles. The topological polar surface area (TPSA) is 59.8 Å². The van der Waals surface area contributed by atoms with Crippen LogP contribution in [-0.2, 0) is 11.3 Å². The Bertz CT molecular complexity index is 973. The largest absolute Gasteiger partial charge is 0.381 e. The molecule has 3 aliphatic heterocycles. The van der Waals surface area contributed by atoms with Crippen molar-refractivity contribution in [2.75, 3.05) is 32.8 Å². The molecule has 0 saturated carbocycles. The Morgan fingerprint density at radius 2 is 1.61 bits per heavy atom. The number of likely N-dealkylation sites (tertiary alicyclic amines) is 1. The third-order valence-corrected chi connectivity index (χ3v) is 7.43. The number of amides is 2. The van der Waals surface area contributed by atoms with Gasteiger partial charge < -0.3 is 14.5 Å². The number of benzene rings is 2. The molecule has 0 radical (unpaired) electrons. The molecule has 172 valence electrons. The lowest BCUT2D eigenvalue weighted by Crippen LogP contribution is -2.48. The van der Waals surface area contributed by atoms with E-state index in [4.69, 9.17) is 10.00 Å². The van der Waals surface area contributed by atoms with Crippen molar-refractivity contribution < 1.29 is 9.53 Å². The molecule has 1 atom stereocenters. The van der Waals surface area contributed by atoms with Crippen molar-refractivity contribution in [2.24, 2.45) is 0 Å². The minimum Gasteiger partial charge on any atom is -0.381 e. The summed E-state index contributed by atoms with van der Waals surface area (Å²) in [6.45, 7) is 5.12. The summed E-state index contributed by atoms with van der Waals surface area (Å²) in [5.74, 6) is 0. The summed E-state index contributed by atoms with van der Waals surface area (Å²) >= 11 is 0. The summed E-state index contributed by atoms with van der Waals surface area (Å²) in [7, 11) is 0. The van der Waals surface area contributed by atoms with Crippen molar-refractivity contribution in [2.45, 2.75) is 50.4 Å². The van der Waals surface area contributed by atoms with E-state index in [2.05, 4.69) is 45.0 Å². The molecule has 0 bridgehead atoms. The van der Waals surface area contributed by atoms with E-state index in [0.717, 1.165) is 65.1 Å². The van der Waals surface area contributed by atoms with Gasteiger partial charge in [0.15, 0.2) is 0 Å². The molecule has 3 aliphatic rings. The Balaban J connectivity index is 1.27. The number of rotatable bonds is 5. The van der Waals surface area contributed by atoms with Crippen LogP contribution in [0.3, 0.4) is 0 Å². The highest BCUT2D eigenvalue weighted by Gasteiger charge is 2.45. The minimum absolute atomic E-state index is 0.122. The number of carbonyl (C=O) groups is 1. The van der Waals surface area contributed by atoms with Gasteiger partial charge >= 0.3 is 6.03 Å². The van der Waals surface area contributed by atoms with Gasteiger partial charge in [0.2, 0.25) is 0 Å². The summed E-state index contributed by atoms with van der Waals surface area (Å²) in [6.07, 6.45) is 3.86. The molecule has 0 N–H and O–H groups in total. The van der Waals surface area contributed by atoms with Gasteiger partial charge in [-0.1, -0.05) is 42.5 Å². The zero-order chi connectivity index (χ0) is 22.6. The lowest BCUT2D eigenvalue weighted by molar-refractivity contribution is 0.0493. The number of hydrogen-bond donors (Lipinski definition) is 0. The summed E-state index contributed by atoms with van der Waals surface area (Å²) in [6, 6.07) is 21.5. The van der Waals surface area contributed by atoms with Gasteiger partial charge in [0.25, 0.3) is 0 Å². The highest BCUT2D eigenvalue weighted by molar-refractivity contribution is 5.78. The number of ether oxygens (including phenoxy) is 1. The van der Waals surface area contributed by atoms with Crippen molar-refractivity contribution in [1.29, 1.82) is 5.26 Å². The van der Waals surface area contributed by atoms with Gasteiger partial charge in [-0.3, -0.25) is 4.90 Å². The Hall–Kier alpha value is -2.88. The summed E-state index contributed by atoms with van der Waals surface area (Å²) in [5.41, 5.74) is 3.17. The molecule has 6 nitrogen and oxygen atoms in total. The average Bonchev–Trinajstić information content (AvgIpc) is 3.23. The standard InChI is InChI=1S/C27H32N4O2/c28-18-21-6-8-22(9-7-21)19-29-14-10-25(11-15-29)31-26(23-4-2-1-3-5-23)20-30(27(31)32)24-12-16-33-17-13-24/h1-9,24-26H,10-17,19-20H2/t26-/m0/s1. The second-order valence-corrected chi connectivity index (χ2v) is 9.43. The molecular formula is C27H32N4O2. The van der Waals surface area contributed by atoms with Crippen molar-refractivity contribution in [3.05, 3.63) is 71.3 Å². The van der Waals surface area contributed by atoms with Crippen molar-refractivity contribution in [3.8, 4) is 6.07 Å². The number of piperidine rings is 1. The predicted molar refractivity (Wildman–Crippen MR) is 126 cm³/mol. The van der Waals surface area contributed by atoms with E-state index in [1.807, 2.05) is 30.3 Å². The molecule has 3 fully saturated rings. The molecule has 0 aromatic heterocycles. The van der Waals surface area contributed by atoms with Crippen LogP contribution in [0, 0.1) is 11.3 Å².